The lowest BCUT2D eigenvalue weighted by atomic mass is 10.0. The smallest absolute Gasteiger partial charge is 0.230 e. The monoisotopic (exact) mass is 268 g/mol. The molecule has 0 radical (unpaired) electrons. The summed E-state index contributed by atoms with van der Waals surface area (Å²) in [5.41, 5.74) is 1.98. The van der Waals surface area contributed by atoms with Crippen molar-refractivity contribution in [2.24, 2.45) is 5.92 Å². The molecule has 4 heteroatoms. The van der Waals surface area contributed by atoms with E-state index in [1.165, 1.54) is 0 Å². The lowest BCUT2D eigenvalue weighted by Crippen LogP contribution is -2.48. The van der Waals surface area contributed by atoms with E-state index in [0.717, 1.165) is 28.8 Å². The average Bonchev–Trinajstić information content (AvgIpc) is 2.10. The Morgan fingerprint density at radius 3 is 2.87 bits per heavy atom. The van der Waals surface area contributed by atoms with Gasteiger partial charge in [0.25, 0.3) is 0 Å². The first-order valence-electron chi connectivity index (χ1n) is 4.95. The summed E-state index contributed by atoms with van der Waals surface area (Å²) >= 11 is 3.47. The summed E-state index contributed by atoms with van der Waals surface area (Å²) in [4.78, 5) is 11.7. The second-order valence-corrected chi connectivity index (χ2v) is 4.57. The number of aryl methyl sites for hydroxylation is 1. The third-order valence-corrected chi connectivity index (χ3v) is 3.65. The highest BCUT2D eigenvalue weighted by Crippen LogP contribution is 2.26. The quantitative estimate of drug-likeness (QED) is 0.861. The topological polar surface area (TPSA) is 41.1 Å². The maximum atomic E-state index is 11.7. The van der Waals surface area contributed by atoms with E-state index < -0.39 is 0 Å². The molecule has 1 saturated heterocycles. The number of benzene rings is 1. The number of amides is 1. The molecule has 0 spiro atoms. The predicted octanol–water partition coefficient (Wildman–Crippen LogP) is 1.92. The maximum Gasteiger partial charge on any atom is 0.230 e. The van der Waals surface area contributed by atoms with Gasteiger partial charge in [0.05, 0.1) is 11.6 Å². The fourth-order valence-corrected chi connectivity index (χ4v) is 1.82. The molecule has 1 heterocycles. The van der Waals surface area contributed by atoms with Crippen molar-refractivity contribution in [1.29, 1.82) is 0 Å². The van der Waals surface area contributed by atoms with Crippen LogP contribution in [-0.4, -0.2) is 19.0 Å². The minimum absolute atomic E-state index is 0.0973. The van der Waals surface area contributed by atoms with Gasteiger partial charge in [-0.3, -0.25) is 4.79 Å². The number of halogens is 1. The minimum Gasteiger partial charge on any atom is -0.325 e. The molecule has 1 fully saturated rings. The first-order valence-corrected chi connectivity index (χ1v) is 5.74. The molecule has 0 unspecified atom stereocenters. The summed E-state index contributed by atoms with van der Waals surface area (Å²) in [6, 6.07) is 5.85. The number of anilines is 1. The first-order chi connectivity index (χ1) is 7.18. The molecule has 0 saturated carbocycles. The van der Waals surface area contributed by atoms with E-state index >= 15 is 0 Å². The van der Waals surface area contributed by atoms with Gasteiger partial charge in [-0.15, -0.1) is 0 Å². The summed E-state index contributed by atoms with van der Waals surface area (Å²) in [6.45, 7) is 3.58. The molecule has 2 rings (SSSR count). The van der Waals surface area contributed by atoms with Crippen LogP contribution in [0.3, 0.4) is 0 Å². The van der Waals surface area contributed by atoms with Crippen molar-refractivity contribution in [3.8, 4) is 0 Å². The van der Waals surface area contributed by atoms with Gasteiger partial charge in [-0.2, -0.15) is 0 Å². The van der Waals surface area contributed by atoms with E-state index in [2.05, 4.69) is 26.6 Å². The Bertz CT molecular complexity index is 388. The summed E-state index contributed by atoms with van der Waals surface area (Å²) in [7, 11) is 0. The van der Waals surface area contributed by atoms with E-state index in [1.807, 2.05) is 25.1 Å². The molecule has 1 aliphatic heterocycles. The molecule has 1 amide bonds. The van der Waals surface area contributed by atoms with Crippen molar-refractivity contribution in [2.75, 3.05) is 18.4 Å². The third-order valence-electron chi connectivity index (χ3n) is 2.60. The summed E-state index contributed by atoms with van der Waals surface area (Å²) in [6.07, 6.45) is 0. The molecule has 1 aliphatic rings. The average molecular weight is 269 g/mol. The van der Waals surface area contributed by atoms with Gasteiger partial charge in [0.1, 0.15) is 0 Å². The van der Waals surface area contributed by atoms with Crippen LogP contribution in [0.1, 0.15) is 5.56 Å². The van der Waals surface area contributed by atoms with Gasteiger partial charge in [0.15, 0.2) is 0 Å². The summed E-state index contributed by atoms with van der Waals surface area (Å²) < 4.78 is 0.964. The van der Waals surface area contributed by atoms with Crippen LogP contribution in [-0.2, 0) is 4.79 Å². The molecule has 0 bridgehead atoms. The lowest BCUT2D eigenvalue weighted by molar-refractivity contribution is -0.121. The number of hydrogen-bond donors (Lipinski definition) is 2. The zero-order valence-corrected chi connectivity index (χ0v) is 10.1. The number of rotatable bonds is 2. The largest absolute Gasteiger partial charge is 0.325 e. The van der Waals surface area contributed by atoms with E-state index in [9.17, 15) is 4.79 Å². The fourth-order valence-electron chi connectivity index (χ4n) is 1.45. The predicted molar refractivity (Wildman–Crippen MR) is 63.9 cm³/mol. The molecular weight excluding hydrogens is 256 g/mol. The summed E-state index contributed by atoms with van der Waals surface area (Å²) in [5, 5.41) is 6.01. The molecule has 3 nitrogen and oxygen atoms in total. The molecular formula is C11H13BrN2O. The standard InChI is InChI=1S/C11H13BrN2O/c1-7-3-2-4-9(10(7)12)14-11(15)8-5-13-6-8/h2-4,8,13H,5-6H2,1H3,(H,14,15). The number of nitrogens with one attached hydrogen (secondary N) is 2. The van der Waals surface area contributed by atoms with Crippen LogP contribution in [0, 0.1) is 12.8 Å². The highest BCUT2D eigenvalue weighted by Gasteiger charge is 2.25. The Morgan fingerprint density at radius 1 is 1.53 bits per heavy atom. The van der Waals surface area contributed by atoms with Crippen molar-refractivity contribution in [3.63, 3.8) is 0 Å². The molecule has 80 valence electrons. The van der Waals surface area contributed by atoms with Crippen molar-refractivity contribution >= 4 is 27.5 Å². The Morgan fingerprint density at radius 2 is 2.27 bits per heavy atom. The van der Waals surface area contributed by atoms with Crippen LogP contribution in [0.25, 0.3) is 0 Å². The minimum atomic E-state index is 0.0973. The van der Waals surface area contributed by atoms with Crippen LogP contribution in [0.4, 0.5) is 5.69 Å². The number of carbonyl (C=O) groups excluding carboxylic acids is 1. The SMILES string of the molecule is Cc1cccc(NC(=O)C2CNC2)c1Br. The number of carbonyl (C=O) groups is 1. The maximum absolute atomic E-state index is 11.7. The van der Waals surface area contributed by atoms with E-state index in [0.29, 0.717) is 0 Å². The van der Waals surface area contributed by atoms with Crippen LogP contribution in [0.5, 0.6) is 0 Å². The first kappa shape index (κ1) is 10.6. The molecule has 15 heavy (non-hydrogen) atoms. The van der Waals surface area contributed by atoms with Gasteiger partial charge in [0.2, 0.25) is 5.91 Å². The van der Waals surface area contributed by atoms with Gasteiger partial charge in [-0.05, 0) is 34.5 Å². The Kier molecular flexibility index (Phi) is 3.07. The van der Waals surface area contributed by atoms with E-state index in [1.54, 1.807) is 0 Å². The van der Waals surface area contributed by atoms with Gasteiger partial charge in [-0.1, -0.05) is 12.1 Å². The highest BCUT2D eigenvalue weighted by molar-refractivity contribution is 9.10. The second kappa shape index (κ2) is 4.33. The van der Waals surface area contributed by atoms with Gasteiger partial charge >= 0.3 is 0 Å². The highest BCUT2D eigenvalue weighted by atomic mass is 79.9. The van der Waals surface area contributed by atoms with Crippen LogP contribution in [0.2, 0.25) is 0 Å². The van der Waals surface area contributed by atoms with Gasteiger partial charge in [-0.25, -0.2) is 0 Å². The molecule has 0 aromatic heterocycles. The van der Waals surface area contributed by atoms with E-state index in [-0.39, 0.29) is 11.8 Å². The number of hydrogen-bond acceptors (Lipinski definition) is 2. The van der Waals surface area contributed by atoms with Crippen molar-refractivity contribution in [1.82, 2.24) is 5.32 Å². The van der Waals surface area contributed by atoms with Crippen molar-refractivity contribution < 1.29 is 4.79 Å². The van der Waals surface area contributed by atoms with Crippen LogP contribution in [0.15, 0.2) is 22.7 Å². The van der Waals surface area contributed by atoms with Gasteiger partial charge < -0.3 is 10.6 Å². The third kappa shape index (κ3) is 2.21. The Balaban J connectivity index is 2.09. The second-order valence-electron chi connectivity index (χ2n) is 3.78. The van der Waals surface area contributed by atoms with Gasteiger partial charge in [0, 0.05) is 17.6 Å². The lowest BCUT2D eigenvalue weighted by Gasteiger charge is -2.26. The zero-order chi connectivity index (χ0) is 10.8. The molecule has 0 atom stereocenters. The van der Waals surface area contributed by atoms with Crippen LogP contribution < -0.4 is 10.6 Å². The Labute approximate surface area is 97.4 Å². The fraction of sp³-hybridized carbons (Fsp3) is 0.364. The molecule has 0 aliphatic carbocycles. The van der Waals surface area contributed by atoms with Crippen molar-refractivity contribution in [2.45, 2.75) is 6.92 Å². The van der Waals surface area contributed by atoms with Crippen LogP contribution >= 0.6 is 15.9 Å². The zero-order valence-electron chi connectivity index (χ0n) is 8.51. The molecule has 1 aromatic carbocycles. The molecule has 2 N–H and O–H groups in total. The van der Waals surface area contributed by atoms with Crippen molar-refractivity contribution in [3.05, 3.63) is 28.2 Å². The normalized spacial score (nSPS) is 15.9. The Hall–Kier alpha value is -0.870. The van der Waals surface area contributed by atoms with E-state index in [4.69, 9.17) is 0 Å². The molecule has 1 aromatic rings. The summed E-state index contributed by atoms with van der Waals surface area (Å²) in [5.74, 6) is 0.220.